The predicted molar refractivity (Wildman–Crippen MR) is 81.6 cm³/mol. The normalized spacial score (nSPS) is 11.7. The summed E-state index contributed by atoms with van der Waals surface area (Å²) in [5, 5.41) is 15.6. The Bertz CT molecular complexity index is 496. The molecular formula is C14H20N4O2S. The van der Waals surface area contributed by atoms with Crippen LogP contribution in [0, 0.1) is 17.2 Å². The van der Waals surface area contributed by atoms with Crippen LogP contribution in [0.4, 0.5) is 4.79 Å². The molecule has 21 heavy (non-hydrogen) atoms. The minimum Gasteiger partial charge on any atom is -0.333 e. The molecule has 114 valence electrons. The largest absolute Gasteiger partial charge is 0.333 e. The first-order chi connectivity index (χ1) is 10.0. The van der Waals surface area contributed by atoms with Crippen LogP contribution < -0.4 is 10.6 Å². The van der Waals surface area contributed by atoms with E-state index in [1.165, 1.54) is 0 Å². The zero-order valence-electron chi connectivity index (χ0n) is 12.3. The molecule has 2 N–H and O–H groups in total. The Hall–Kier alpha value is -1.91. The van der Waals surface area contributed by atoms with Crippen LogP contribution in [-0.4, -0.2) is 36.5 Å². The minimum atomic E-state index is -0.502. The molecule has 0 radical (unpaired) electrons. The highest BCUT2D eigenvalue weighted by Gasteiger charge is 2.14. The third-order valence-corrected chi connectivity index (χ3v) is 3.70. The summed E-state index contributed by atoms with van der Waals surface area (Å²) in [5.41, 5.74) is 0. The van der Waals surface area contributed by atoms with E-state index in [2.05, 4.69) is 16.7 Å². The van der Waals surface area contributed by atoms with E-state index in [9.17, 15) is 9.59 Å². The topological polar surface area (TPSA) is 85.2 Å². The van der Waals surface area contributed by atoms with Crippen molar-refractivity contribution in [1.29, 1.82) is 5.26 Å². The first kappa shape index (κ1) is 17.1. The fourth-order valence-corrected chi connectivity index (χ4v) is 2.37. The molecule has 6 nitrogen and oxygen atoms in total. The second-order valence-electron chi connectivity index (χ2n) is 4.67. The lowest BCUT2D eigenvalue weighted by atomic mass is 10.2. The lowest BCUT2D eigenvalue weighted by molar-refractivity contribution is -0.121. The van der Waals surface area contributed by atoms with E-state index in [1.54, 1.807) is 18.3 Å². The van der Waals surface area contributed by atoms with Crippen molar-refractivity contribution in [1.82, 2.24) is 15.5 Å². The van der Waals surface area contributed by atoms with Gasteiger partial charge in [0.1, 0.15) is 0 Å². The van der Waals surface area contributed by atoms with Crippen molar-refractivity contribution in [2.24, 2.45) is 5.92 Å². The van der Waals surface area contributed by atoms with E-state index >= 15 is 0 Å². The minimum absolute atomic E-state index is 0.106. The van der Waals surface area contributed by atoms with E-state index < -0.39 is 6.03 Å². The monoisotopic (exact) mass is 308 g/mol. The van der Waals surface area contributed by atoms with Gasteiger partial charge in [0.05, 0.1) is 25.1 Å². The van der Waals surface area contributed by atoms with Crippen molar-refractivity contribution in [2.75, 3.05) is 19.6 Å². The van der Waals surface area contributed by atoms with Gasteiger partial charge in [0, 0.05) is 11.4 Å². The molecule has 0 aliphatic rings. The fraction of sp³-hybridized carbons (Fsp3) is 0.500. The van der Waals surface area contributed by atoms with Gasteiger partial charge in [-0.15, -0.1) is 11.3 Å². The molecule has 7 heteroatoms. The summed E-state index contributed by atoms with van der Waals surface area (Å²) >= 11 is 1.54. The summed E-state index contributed by atoms with van der Waals surface area (Å²) in [6, 6.07) is 5.44. The van der Waals surface area contributed by atoms with E-state index in [4.69, 9.17) is 5.26 Å². The number of imide groups is 1. The molecule has 1 aromatic rings. The molecule has 0 aromatic carbocycles. The van der Waals surface area contributed by atoms with Gasteiger partial charge in [-0.05, 0) is 24.9 Å². The number of urea groups is 1. The van der Waals surface area contributed by atoms with Crippen molar-refractivity contribution < 1.29 is 9.59 Å². The molecule has 0 fully saturated rings. The number of thiophene rings is 1. The van der Waals surface area contributed by atoms with Gasteiger partial charge in [-0.25, -0.2) is 4.79 Å². The number of nitriles is 1. The molecular weight excluding hydrogens is 288 g/mol. The Balaban J connectivity index is 2.31. The maximum atomic E-state index is 11.8. The second-order valence-corrected chi connectivity index (χ2v) is 5.70. The Morgan fingerprint density at radius 3 is 2.86 bits per heavy atom. The van der Waals surface area contributed by atoms with Gasteiger partial charge < -0.3 is 5.32 Å². The van der Waals surface area contributed by atoms with E-state index in [0.717, 1.165) is 4.88 Å². The second kappa shape index (κ2) is 9.10. The standard InChI is InChI=1S/C14H20N4O2S/c1-3-18(9-11(2)7-15)10-13(19)17-14(20)16-8-12-5-4-6-21-12/h4-6,11H,3,8-10H2,1-2H3,(H2,16,17,19,20). The maximum Gasteiger partial charge on any atom is 0.321 e. The predicted octanol–water partition coefficient (Wildman–Crippen LogP) is 1.56. The molecule has 1 atom stereocenters. The molecule has 0 spiro atoms. The van der Waals surface area contributed by atoms with Crippen LogP contribution in [0.25, 0.3) is 0 Å². The molecule has 0 saturated heterocycles. The molecule has 3 amide bonds. The molecule has 0 saturated carbocycles. The van der Waals surface area contributed by atoms with Gasteiger partial charge in [-0.2, -0.15) is 5.26 Å². The molecule has 1 unspecified atom stereocenters. The number of nitrogens with one attached hydrogen (secondary N) is 2. The molecule has 0 aliphatic carbocycles. The van der Waals surface area contributed by atoms with Crippen LogP contribution >= 0.6 is 11.3 Å². The number of likely N-dealkylation sites (N-methyl/N-ethyl adjacent to an activating group) is 1. The lowest BCUT2D eigenvalue weighted by Gasteiger charge is -2.20. The quantitative estimate of drug-likeness (QED) is 0.800. The van der Waals surface area contributed by atoms with E-state index in [1.807, 2.05) is 29.3 Å². The average Bonchev–Trinajstić information content (AvgIpc) is 2.97. The number of hydrogen-bond acceptors (Lipinski definition) is 5. The van der Waals surface area contributed by atoms with Crippen LogP contribution in [-0.2, 0) is 11.3 Å². The number of carbonyl (C=O) groups excluding carboxylic acids is 2. The zero-order chi connectivity index (χ0) is 15.7. The number of rotatable bonds is 7. The Morgan fingerprint density at radius 1 is 1.52 bits per heavy atom. The maximum absolute atomic E-state index is 11.8. The van der Waals surface area contributed by atoms with Gasteiger partial charge in [0.2, 0.25) is 5.91 Å². The highest BCUT2D eigenvalue weighted by molar-refractivity contribution is 7.09. The Morgan fingerprint density at radius 2 is 2.29 bits per heavy atom. The molecule has 0 bridgehead atoms. The molecule has 0 aliphatic heterocycles. The van der Waals surface area contributed by atoms with E-state index in [-0.39, 0.29) is 18.4 Å². The van der Waals surface area contributed by atoms with Gasteiger partial charge >= 0.3 is 6.03 Å². The summed E-state index contributed by atoms with van der Waals surface area (Å²) in [6.45, 7) is 5.38. The Kier molecular flexibility index (Phi) is 7.43. The molecule has 1 heterocycles. The van der Waals surface area contributed by atoms with Gasteiger partial charge in [0.15, 0.2) is 0 Å². The Labute approximate surface area is 128 Å². The van der Waals surface area contributed by atoms with Gasteiger partial charge in [0.25, 0.3) is 0 Å². The number of amides is 3. The summed E-state index contributed by atoms with van der Waals surface area (Å²) in [7, 11) is 0. The van der Waals surface area contributed by atoms with Crippen molar-refractivity contribution in [3.8, 4) is 6.07 Å². The zero-order valence-corrected chi connectivity index (χ0v) is 13.1. The van der Waals surface area contributed by atoms with Gasteiger partial charge in [-0.3, -0.25) is 15.0 Å². The summed E-state index contributed by atoms with van der Waals surface area (Å²) in [5.74, 6) is -0.518. The summed E-state index contributed by atoms with van der Waals surface area (Å²) in [6.07, 6.45) is 0. The van der Waals surface area contributed by atoms with Crippen LogP contribution in [0.1, 0.15) is 18.7 Å². The van der Waals surface area contributed by atoms with Crippen LogP contribution in [0.2, 0.25) is 0 Å². The van der Waals surface area contributed by atoms with Crippen LogP contribution in [0.5, 0.6) is 0 Å². The average molecular weight is 308 g/mol. The van der Waals surface area contributed by atoms with Crippen molar-refractivity contribution in [2.45, 2.75) is 20.4 Å². The lowest BCUT2D eigenvalue weighted by Crippen LogP contribution is -2.45. The smallest absolute Gasteiger partial charge is 0.321 e. The van der Waals surface area contributed by atoms with Crippen molar-refractivity contribution in [3.05, 3.63) is 22.4 Å². The summed E-state index contributed by atoms with van der Waals surface area (Å²) in [4.78, 5) is 26.2. The van der Waals surface area contributed by atoms with Crippen LogP contribution in [0.15, 0.2) is 17.5 Å². The number of hydrogen-bond donors (Lipinski definition) is 2. The third kappa shape index (κ3) is 6.88. The fourth-order valence-electron chi connectivity index (χ4n) is 1.73. The summed E-state index contributed by atoms with van der Waals surface area (Å²) < 4.78 is 0. The van der Waals surface area contributed by atoms with Crippen molar-refractivity contribution >= 4 is 23.3 Å². The van der Waals surface area contributed by atoms with Gasteiger partial charge in [-0.1, -0.05) is 13.0 Å². The molecule has 1 rings (SSSR count). The highest BCUT2D eigenvalue weighted by Crippen LogP contribution is 2.07. The SMILES string of the molecule is CCN(CC(=O)NC(=O)NCc1cccs1)CC(C)C#N. The first-order valence-corrected chi connectivity index (χ1v) is 7.65. The first-order valence-electron chi connectivity index (χ1n) is 6.77. The number of nitrogens with zero attached hydrogens (tertiary/aromatic N) is 2. The highest BCUT2D eigenvalue weighted by atomic mass is 32.1. The van der Waals surface area contributed by atoms with Crippen molar-refractivity contribution in [3.63, 3.8) is 0 Å². The third-order valence-electron chi connectivity index (χ3n) is 2.82. The van der Waals surface area contributed by atoms with Crippen LogP contribution in [0.3, 0.4) is 0 Å². The number of carbonyl (C=O) groups is 2. The molecule has 1 aromatic heterocycles. The van der Waals surface area contributed by atoms with E-state index in [0.29, 0.717) is 19.6 Å².